The van der Waals surface area contributed by atoms with E-state index in [9.17, 15) is 14.7 Å². The first kappa shape index (κ1) is 17.5. The monoisotopic (exact) mass is 372 g/mol. The van der Waals surface area contributed by atoms with E-state index in [1.54, 1.807) is 30.0 Å². The molecular weight excluding hydrogens is 352 g/mol. The number of anilines is 1. The van der Waals surface area contributed by atoms with Gasteiger partial charge >= 0.3 is 5.97 Å². The quantitative estimate of drug-likeness (QED) is 0.852. The molecule has 1 N–H and O–H groups in total. The fraction of sp³-hybridized carbons (Fsp3) is 0.444. The van der Waals surface area contributed by atoms with Crippen LogP contribution in [0.4, 0.5) is 5.69 Å². The zero-order valence-electron chi connectivity index (χ0n) is 14.9. The summed E-state index contributed by atoms with van der Waals surface area (Å²) in [5.41, 5.74) is 1.08. The molecule has 2 fully saturated rings. The van der Waals surface area contributed by atoms with Crippen LogP contribution in [-0.4, -0.2) is 70.9 Å². The van der Waals surface area contributed by atoms with Gasteiger partial charge in [-0.25, -0.2) is 9.78 Å². The minimum atomic E-state index is -1.06. The van der Waals surface area contributed by atoms with Gasteiger partial charge in [0.05, 0.1) is 19.3 Å². The Balaban J connectivity index is 1.61. The van der Waals surface area contributed by atoms with Crippen LogP contribution in [0.2, 0.25) is 0 Å². The third-order valence-corrected chi connectivity index (χ3v) is 4.90. The van der Waals surface area contributed by atoms with Gasteiger partial charge in [-0.2, -0.15) is 0 Å². The molecule has 1 amide bonds. The zero-order chi connectivity index (χ0) is 19.0. The lowest BCUT2D eigenvalue weighted by molar-refractivity contribution is 0.0603. The Morgan fingerprint density at radius 3 is 2.78 bits per heavy atom. The topological polar surface area (TPSA) is 109 Å². The van der Waals surface area contributed by atoms with Crippen LogP contribution >= 0.6 is 0 Å². The Labute approximate surface area is 155 Å². The first-order chi connectivity index (χ1) is 13.0. The maximum Gasteiger partial charge on any atom is 0.354 e. The van der Waals surface area contributed by atoms with Crippen molar-refractivity contribution in [3.8, 4) is 0 Å². The van der Waals surface area contributed by atoms with Gasteiger partial charge in [0, 0.05) is 43.5 Å². The Hall–Kier alpha value is -2.94. The van der Waals surface area contributed by atoms with Crippen molar-refractivity contribution in [3.63, 3.8) is 0 Å². The lowest BCUT2D eigenvalue weighted by atomic mass is 10.1. The predicted octanol–water partition coefficient (Wildman–Crippen LogP) is 1.05. The Morgan fingerprint density at radius 1 is 1.19 bits per heavy atom. The van der Waals surface area contributed by atoms with E-state index in [1.165, 1.54) is 6.20 Å². The molecule has 2 aliphatic heterocycles. The predicted molar refractivity (Wildman–Crippen MR) is 93.8 cm³/mol. The van der Waals surface area contributed by atoms with Crippen LogP contribution in [0.3, 0.4) is 0 Å². The van der Waals surface area contributed by atoms with E-state index in [2.05, 4.69) is 15.0 Å². The number of ether oxygens (including phenoxy) is 1. The lowest BCUT2D eigenvalue weighted by Gasteiger charge is -2.32. The largest absolute Gasteiger partial charge is 0.477 e. The highest BCUT2D eigenvalue weighted by atomic mass is 16.5. The number of pyridine rings is 1. The third-order valence-electron chi connectivity index (χ3n) is 4.90. The molecule has 142 valence electrons. The molecule has 2 aromatic rings. The molecule has 2 aromatic heterocycles. The molecule has 9 heteroatoms. The number of carboxylic acid groups (broad SMARTS) is 1. The van der Waals surface area contributed by atoms with Gasteiger partial charge in [0.1, 0.15) is 11.5 Å². The molecule has 4 rings (SSSR count). The SMILES string of the molecule is Cc1cc(C(=O)N2C[C@H]3COC[C@@H]2CN(c2ccnc(C(=O)O)c2)C3)no1. The summed E-state index contributed by atoms with van der Waals surface area (Å²) in [6.07, 6.45) is 1.50. The molecule has 2 saturated heterocycles. The van der Waals surface area contributed by atoms with E-state index in [0.717, 1.165) is 5.69 Å². The number of aromatic nitrogens is 2. The molecule has 2 bridgehead atoms. The molecule has 2 aliphatic rings. The molecular formula is C18H20N4O5. The van der Waals surface area contributed by atoms with Crippen LogP contribution in [0.1, 0.15) is 26.7 Å². The van der Waals surface area contributed by atoms with Gasteiger partial charge in [0.25, 0.3) is 5.91 Å². The number of aryl methyl sites for hydroxylation is 1. The molecule has 0 spiro atoms. The van der Waals surface area contributed by atoms with E-state index >= 15 is 0 Å². The van der Waals surface area contributed by atoms with Gasteiger partial charge in [-0.1, -0.05) is 5.16 Å². The minimum absolute atomic E-state index is 0.00385. The second-order valence-electron chi connectivity index (χ2n) is 6.95. The third kappa shape index (κ3) is 3.50. The van der Waals surface area contributed by atoms with Gasteiger partial charge in [0.15, 0.2) is 5.69 Å². The summed E-state index contributed by atoms with van der Waals surface area (Å²) in [5, 5.41) is 13.0. The van der Waals surface area contributed by atoms with Crippen LogP contribution in [0.15, 0.2) is 28.9 Å². The van der Waals surface area contributed by atoms with Crippen LogP contribution in [0.25, 0.3) is 0 Å². The van der Waals surface area contributed by atoms with Gasteiger partial charge in [-0.3, -0.25) is 4.79 Å². The number of fused-ring (bicyclic) bond motifs is 3. The highest BCUT2D eigenvalue weighted by Gasteiger charge is 2.37. The van der Waals surface area contributed by atoms with E-state index in [1.807, 2.05) is 0 Å². The zero-order valence-corrected chi connectivity index (χ0v) is 14.9. The average Bonchev–Trinajstić information content (AvgIpc) is 2.87. The maximum atomic E-state index is 12.9. The summed E-state index contributed by atoms with van der Waals surface area (Å²) >= 11 is 0. The molecule has 27 heavy (non-hydrogen) atoms. The van der Waals surface area contributed by atoms with Crippen LogP contribution in [0.5, 0.6) is 0 Å². The van der Waals surface area contributed by atoms with Gasteiger partial charge in [-0.05, 0) is 19.1 Å². The average molecular weight is 372 g/mol. The number of amides is 1. The fourth-order valence-electron chi connectivity index (χ4n) is 3.65. The van der Waals surface area contributed by atoms with Crippen molar-refractivity contribution >= 4 is 17.6 Å². The van der Waals surface area contributed by atoms with Crippen LogP contribution in [-0.2, 0) is 4.74 Å². The lowest BCUT2D eigenvalue weighted by Crippen LogP contribution is -2.46. The van der Waals surface area contributed by atoms with Crippen molar-refractivity contribution in [1.29, 1.82) is 0 Å². The molecule has 4 heterocycles. The molecule has 0 aromatic carbocycles. The summed E-state index contributed by atoms with van der Waals surface area (Å²) in [7, 11) is 0. The number of aromatic carboxylic acids is 1. The number of hydrogen-bond acceptors (Lipinski definition) is 7. The van der Waals surface area contributed by atoms with E-state index in [0.29, 0.717) is 44.3 Å². The number of hydrogen-bond donors (Lipinski definition) is 1. The summed E-state index contributed by atoms with van der Waals surface area (Å²) in [6, 6.07) is 4.83. The van der Waals surface area contributed by atoms with Crippen LogP contribution in [0, 0.1) is 12.8 Å². The molecule has 0 saturated carbocycles. The molecule has 9 nitrogen and oxygen atoms in total. The second kappa shape index (κ2) is 6.99. The van der Waals surface area contributed by atoms with Crippen molar-refractivity contribution in [2.24, 2.45) is 5.92 Å². The molecule has 0 aliphatic carbocycles. The number of carboxylic acids is 1. The van der Waals surface area contributed by atoms with Crippen molar-refractivity contribution in [2.75, 3.05) is 37.7 Å². The van der Waals surface area contributed by atoms with Crippen molar-refractivity contribution < 1.29 is 24.0 Å². The molecule has 0 radical (unpaired) electrons. The van der Waals surface area contributed by atoms with Crippen molar-refractivity contribution in [1.82, 2.24) is 15.0 Å². The summed E-state index contributed by atoms with van der Waals surface area (Å²) in [4.78, 5) is 32.0. The normalized spacial score (nSPS) is 22.4. The van der Waals surface area contributed by atoms with E-state index in [-0.39, 0.29) is 23.6 Å². The highest BCUT2D eigenvalue weighted by Crippen LogP contribution is 2.26. The summed E-state index contributed by atoms with van der Waals surface area (Å²) in [6.45, 7) is 4.49. The Kier molecular flexibility index (Phi) is 4.53. The van der Waals surface area contributed by atoms with Gasteiger partial charge in [-0.15, -0.1) is 0 Å². The summed E-state index contributed by atoms with van der Waals surface area (Å²) < 4.78 is 10.8. The number of carbonyl (C=O) groups is 2. The molecule has 0 unspecified atom stereocenters. The summed E-state index contributed by atoms with van der Waals surface area (Å²) in [5.74, 6) is -0.536. The highest BCUT2D eigenvalue weighted by molar-refractivity contribution is 5.92. The number of nitrogens with zero attached hydrogens (tertiary/aromatic N) is 4. The van der Waals surface area contributed by atoms with Crippen LogP contribution < -0.4 is 4.90 Å². The standard InChI is InChI=1S/C18H20N4O5/c1-11-4-15(20-27-11)17(23)22-7-12-6-21(8-14(22)10-26-9-12)13-2-3-19-16(5-13)18(24)25/h2-5,12,14H,6-10H2,1H3,(H,24,25)/t12-,14-/m0/s1. The van der Waals surface area contributed by atoms with Crippen molar-refractivity contribution in [3.05, 3.63) is 41.5 Å². The van der Waals surface area contributed by atoms with Gasteiger partial charge in [0.2, 0.25) is 0 Å². The van der Waals surface area contributed by atoms with Crippen molar-refractivity contribution in [2.45, 2.75) is 13.0 Å². The molecule has 2 atom stereocenters. The van der Waals surface area contributed by atoms with E-state index in [4.69, 9.17) is 9.26 Å². The van der Waals surface area contributed by atoms with Gasteiger partial charge < -0.3 is 24.2 Å². The first-order valence-electron chi connectivity index (χ1n) is 8.77. The second-order valence-corrected chi connectivity index (χ2v) is 6.95. The Bertz CT molecular complexity index is 867. The first-order valence-corrected chi connectivity index (χ1v) is 8.77. The van der Waals surface area contributed by atoms with E-state index < -0.39 is 5.97 Å². The maximum absolute atomic E-state index is 12.9. The smallest absolute Gasteiger partial charge is 0.354 e. The number of rotatable bonds is 3. The Morgan fingerprint density at radius 2 is 2.04 bits per heavy atom. The number of carbonyl (C=O) groups excluding carboxylic acids is 1. The minimum Gasteiger partial charge on any atom is -0.477 e. The fourth-order valence-corrected chi connectivity index (χ4v) is 3.65.